The molecule has 32 heavy (non-hydrogen) atoms. The molecule has 0 saturated heterocycles. The molecular weight excluding hydrogens is 446 g/mol. The summed E-state index contributed by atoms with van der Waals surface area (Å²) >= 11 is 6.20. The highest BCUT2D eigenvalue weighted by atomic mass is 35.5. The van der Waals surface area contributed by atoms with Crippen molar-refractivity contribution >= 4 is 33.0 Å². The molecule has 2 aliphatic rings. The third kappa shape index (κ3) is 6.95. The summed E-state index contributed by atoms with van der Waals surface area (Å²) in [6, 6.07) is 11.5. The van der Waals surface area contributed by atoms with Crippen molar-refractivity contribution in [1.82, 2.24) is 9.80 Å². The molecule has 0 radical (unpaired) electrons. The van der Waals surface area contributed by atoms with Gasteiger partial charge in [0.05, 0.1) is 16.3 Å². The maximum atomic E-state index is 12.9. The second-order valence-corrected chi connectivity index (χ2v) is 10.6. The van der Waals surface area contributed by atoms with E-state index in [4.69, 9.17) is 11.6 Å². The number of carbonyl (C=O) groups is 1. The minimum Gasteiger partial charge on any atom is -0.381 e. The molecule has 8 heteroatoms. The largest absolute Gasteiger partial charge is 0.381 e. The molecule has 176 valence electrons. The molecule has 0 spiro atoms. The van der Waals surface area contributed by atoms with Gasteiger partial charge in [0.1, 0.15) is 4.90 Å². The Labute approximate surface area is 197 Å². The maximum Gasteiger partial charge on any atom is 0.255 e. The van der Waals surface area contributed by atoms with Gasteiger partial charge >= 0.3 is 0 Å². The molecule has 1 unspecified atom stereocenters. The SMILES string of the molecule is CCN(CC)C(=O)c1ccc(Cl)c(S(C)(=O)=O)c1NC(C)CCN(C)C.c1cc2cc-2c1. The van der Waals surface area contributed by atoms with Crippen molar-refractivity contribution in [2.45, 2.75) is 38.1 Å². The van der Waals surface area contributed by atoms with Gasteiger partial charge in [-0.05, 0) is 77.2 Å². The topological polar surface area (TPSA) is 69.7 Å². The van der Waals surface area contributed by atoms with Crippen LogP contribution in [0.15, 0.2) is 41.3 Å². The minimum atomic E-state index is -3.61. The van der Waals surface area contributed by atoms with Crippen LogP contribution in [-0.4, -0.2) is 70.2 Å². The lowest BCUT2D eigenvalue weighted by Crippen LogP contribution is -2.32. The Morgan fingerprint density at radius 2 is 1.69 bits per heavy atom. The average Bonchev–Trinajstić information content (AvgIpc) is 3.31. The van der Waals surface area contributed by atoms with Gasteiger partial charge in [0.25, 0.3) is 5.91 Å². The van der Waals surface area contributed by atoms with Gasteiger partial charge in [-0.2, -0.15) is 0 Å². The van der Waals surface area contributed by atoms with E-state index in [1.165, 1.54) is 17.2 Å². The summed E-state index contributed by atoms with van der Waals surface area (Å²) in [7, 11) is 0.339. The number of fused-ring (bicyclic) bond motifs is 1. The van der Waals surface area contributed by atoms with E-state index >= 15 is 0 Å². The van der Waals surface area contributed by atoms with Gasteiger partial charge in [0.2, 0.25) is 0 Å². The van der Waals surface area contributed by atoms with E-state index in [0.29, 0.717) is 24.3 Å². The summed E-state index contributed by atoms with van der Waals surface area (Å²) in [6.45, 7) is 7.66. The van der Waals surface area contributed by atoms with Gasteiger partial charge in [0.15, 0.2) is 9.84 Å². The number of carbonyl (C=O) groups excluding carboxylic acids is 1. The number of hydrogen-bond acceptors (Lipinski definition) is 5. The predicted octanol–water partition coefficient (Wildman–Crippen LogP) is 4.64. The van der Waals surface area contributed by atoms with E-state index in [0.717, 1.165) is 19.2 Å². The fourth-order valence-corrected chi connectivity index (χ4v) is 4.91. The van der Waals surface area contributed by atoms with Crippen LogP contribution in [0.3, 0.4) is 0 Å². The number of nitrogens with zero attached hydrogens (tertiary/aromatic N) is 2. The van der Waals surface area contributed by atoms with Crippen molar-refractivity contribution in [3.05, 3.63) is 47.0 Å². The quantitative estimate of drug-likeness (QED) is 0.484. The molecule has 1 N–H and O–H groups in total. The number of hydrogen-bond donors (Lipinski definition) is 1. The second kappa shape index (κ2) is 11.2. The molecule has 0 aromatic heterocycles. The van der Waals surface area contributed by atoms with Gasteiger partial charge in [-0.25, -0.2) is 8.42 Å². The number of sulfone groups is 1. The van der Waals surface area contributed by atoms with Crippen LogP contribution in [-0.2, 0) is 9.84 Å². The fourth-order valence-electron chi connectivity index (χ4n) is 3.37. The second-order valence-electron chi connectivity index (χ2n) is 8.27. The summed E-state index contributed by atoms with van der Waals surface area (Å²) in [6.07, 6.45) is 1.90. The zero-order valence-corrected chi connectivity index (χ0v) is 21.3. The molecule has 6 nitrogen and oxygen atoms in total. The molecule has 3 rings (SSSR count). The smallest absolute Gasteiger partial charge is 0.255 e. The van der Waals surface area contributed by atoms with Crippen LogP contribution < -0.4 is 5.32 Å². The Morgan fingerprint density at radius 3 is 2.09 bits per heavy atom. The highest BCUT2D eigenvalue weighted by Crippen LogP contribution is 2.34. The third-order valence-corrected chi connectivity index (χ3v) is 6.87. The van der Waals surface area contributed by atoms with E-state index in [-0.39, 0.29) is 21.9 Å². The van der Waals surface area contributed by atoms with Crippen molar-refractivity contribution in [1.29, 1.82) is 0 Å². The van der Waals surface area contributed by atoms with Gasteiger partial charge in [-0.1, -0.05) is 29.8 Å². The van der Waals surface area contributed by atoms with E-state index < -0.39 is 9.84 Å². The number of amides is 1. The maximum absolute atomic E-state index is 12.9. The van der Waals surface area contributed by atoms with Crippen molar-refractivity contribution in [2.75, 3.05) is 45.3 Å². The van der Waals surface area contributed by atoms with Crippen LogP contribution in [0.1, 0.15) is 37.6 Å². The summed E-state index contributed by atoms with van der Waals surface area (Å²) < 4.78 is 24.7. The molecule has 1 aromatic rings. The van der Waals surface area contributed by atoms with Gasteiger partial charge < -0.3 is 15.1 Å². The van der Waals surface area contributed by atoms with Gasteiger partial charge in [-0.3, -0.25) is 4.79 Å². The summed E-state index contributed by atoms with van der Waals surface area (Å²) in [5.41, 5.74) is 3.48. The van der Waals surface area contributed by atoms with Crippen molar-refractivity contribution in [3.63, 3.8) is 0 Å². The van der Waals surface area contributed by atoms with Crippen LogP contribution in [0.5, 0.6) is 0 Å². The Bertz CT molecular complexity index is 1030. The lowest BCUT2D eigenvalue weighted by Gasteiger charge is -2.25. The highest BCUT2D eigenvalue weighted by molar-refractivity contribution is 7.91. The summed E-state index contributed by atoms with van der Waals surface area (Å²) in [5.74, 6) is -0.209. The highest BCUT2D eigenvalue weighted by Gasteiger charge is 2.26. The standard InChI is InChI=1S/C18H30ClN3O3S.C6H4/c1-7-22(8-2)18(23)14-9-10-15(19)17(26(6,24)25)16(14)20-13(3)11-12-21(4)5;1-2-5-4-6(5)3-1/h9-10,13,20H,7-8,11-12H2,1-6H3;1-4H. The van der Waals surface area contributed by atoms with E-state index in [2.05, 4.69) is 34.5 Å². The molecule has 0 saturated carbocycles. The first-order chi connectivity index (χ1) is 15.0. The van der Waals surface area contributed by atoms with Gasteiger partial charge in [0, 0.05) is 25.4 Å². The van der Waals surface area contributed by atoms with E-state index in [1.807, 2.05) is 34.9 Å². The molecule has 0 fully saturated rings. The fraction of sp³-hybridized carbons (Fsp3) is 0.458. The molecule has 1 atom stereocenters. The summed E-state index contributed by atoms with van der Waals surface area (Å²) in [5, 5.41) is 3.34. The van der Waals surface area contributed by atoms with Gasteiger partial charge in [-0.15, -0.1) is 0 Å². The molecule has 2 aliphatic carbocycles. The number of rotatable bonds is 9. The third-order valence-electron chi connectivity index (χ3n) is 5.27. The molecule has 0 heterocycles. The first kappa shape index (κ1) is 26.2. The molecule has 1 amide bonds. The Kier molecular flexibility index (Phi) is 9.13. The van der Waals surface area contributed by atoms with E-state index in [9.17, 15) is 13.2 Å². The lowest BCUT2D eigenvalue weighted by atomic mass is 10.1. The number of nitrogens with one attached hydrogen (secondary N) is 1. The zero-order chi connectivity index (χ0) is 24.1. The number of benzene rings is 2. The van der Waals surface area contributed by atoms with Crippen LogP contribution in [0.2, 0.25) is 5.02 Å². The Morgan fingerprint density at radius 1 is 1.09 bits per heavy atom. The Balaban J connectivity index is 0.000000506. The van der Waals surface area contributed by atoms with Crippen molar-refractivity contribution < 1.29 is 13.2 Å². The van der Waals surface area contributed by atoms with Crippen molar-refractivity contribution in [2.24, 2.45) is 0 Å². The summed E-state index contributed by atoms with van der Waals surface area (Å²) in [4.78, 5) is 16.6. The molecular formula is C24H34ClN3O3S. The molecule has 0 aliphatic heterocycles. The van der Waals surface area contributed by atoms with E-state index in [1.54, 1.807) is 11.0 Å². The number of anilines is 1. The van der Waals surface area contributed by atoms with Crippen LogP contribution in [0, 0.1) is 0 Å². The lowest BCUT2D eigenvalue weighted by molar-refractivity contribution is 0.0773. The number of halogens is 1. The first-order valence-electron chi connectivity index (χ1n) is 10.8. The monoisotopic (exact) mass is 479 g/mol. The average molecular weight is 480 g/mol. The van der Waals surface area contributed by atoms with Crippen molar-refractivity contribution in [3.8, 4) is 11.1 Å². The Hall–Kier alpha value is -2.09. The van der Waals surface area contributed by atoms with Crippen LogP contribution in [0.4, 0.5) is 5.69 Å². The minimum absolute atomic E-state index is 0.0196. The molecule has 1 aromatic carbocycles. The first-order valence-corrected chi connectivity index (χ1v) is 13.1. The van der Waals surface area contributed by atoms with Crippen LogP contribution in [0.25, 0.3) is 11.1 Å². The van der Waals surface area contributed by atoms with Crippen LogP contribution >= 0.6 is 11.6 Å². The molecule has 0 bridgehead atoms. The zero-order valence-electron chi connectivity index (χ0n) is 19.8. The predicted molar refractivity (Wildman–Crippen MR) is 134 cm³/mol. The normalized spacial score (nSPS) is 12.6.